The van der Waals surface area contributed by atoms with Crippen LogP contribution >= 0.6 is 0 Å². The zero-order valence-electron chi connectivity index (χ0n) is 22.0. The van der Waals surface area contributed by atoms with Crippen molar-refractivity contribution < 1.29 is 24.5 Å². The molecule has 3 aromatic heterocycles. The van der Waals surface area contributed by atoms with Crippen molar-refractivity contribution in [3.05, 3.63) is 145 Å². The Labute approximate surface area is 247 Å². The molecule has 197 valence electrons. The van der Waals surface area contributed by atoms with E-state index in [1.54, 1.807) is 6.20 Å². The molecule has 0 saturated carbocycles. The molecule has 3 heterocycles. The maximum atomic E-state index is 6.04. The minimum Gasteiger partial charge on any atom is -0.501 e. The van der Waals surface area contributed by atoms with E-state index in [2.05, 4.69) is 65.4 Å². The third-order valence-corrected chi connectivity index (χ3v) is 6.68. The van der Waals surface area contributed by atoms with Gasteiger partial charge >= 0.3 is 0 Å². The Morgan fingerprint density at radius 3 is 2.25 bits per heavy atom. The summed E-state index contributed by atoms with van der Waals surface area (Å²) in [5.41, 5.74) is 9.25. The summed E-state index contributed by atoms with van der Waals surface area (Å²) in [7, 11) is 0. The first-order valence-electron chi connectivity index (χ1n) is 13.1. The minimum atomic E-state index is 0. The number of hydrogen-bond acceptors (Lipinski definition) is 3. The molecule has 0 aliphatic heterocycles. The molecule has 0 spiro atoms. The number of aryl methyl sites for hydroxylation is 1. The van der Waals surface area contributed by atoms with Crippen molar-refractivity contribution in [3.8, 4) is 33.6 Å². The topological polar surface area (TPSA) is 38.9 Å². The van der Waals surface area contributed by atoms with E-state index < -0.39 is 0 Å². The molecule has 7 aromatic rings. The number of benzene rings is 4. The standard InChI is InChI=1S/C19H14NO.C17H12N.Ir/c1-2-13-10-11-20-17(12-13)16-8-5-7-15-14-6-3-4-9-18(14)21-19(15)16;1-2-7-14(8-3-1)15-9-6-10-16(13-15)17-11-4-5-12-18-17;/h3-7,9-12H,2H2,1H3;1-9,11-13H;/q2*-1;. The first-order chi connectivity index (χ1) is 19.3. The largest absolute Gasteiger partial charge is 0.501 e. The number of furan rings is 1. The maximum Gasteiger partial charge on any atom is 0.120 e. The molecular formula is C36H26IrN2O-2. The normalized spacial score (nSPS) is 10.5. The predicted molar refractivity (Wildman–Crippen MR) is 159 cm³/mol. The van der Waals surface area contributed by atoms with E-state index in [-0.39, 0.29) is 20.1 Å². The second kappa shape index (κ2) is 12.7. The van der Waals surface area contributed by atoms with E-state index in [1.807, 2.05) is 85.1 Å². The van der Waals surface area contributed by atoms with Gasteiger partial charge in [0.25, 0.3) is 0 Å². The molecule has 40 heavy (non-hydrogen) atoms. The fraction of sp³-hybridized carbons (Fsp3) is 0.0556. The summed E-state index contributed by atoms with van der Waals surface area (Å²) in [4.78, 5) is 8.84. The van der Waals surface area contributed by atoms with E-state index in [4.69, 9.17) is 4.42 Å². The summed E-state index contributed by atoms with van der Waals surface area (Å²) in [6, 6.07) is 45.2. The van der Waals surface area contributed by atoms with E-state index in [1.165, 1.54) is 16.7 Å². The SMILES string of the molecule is CCc1ccnc(-c2[c-]ccc3c2oc2ccccc23)c1.[Ir].[c-]1ccc(-c2ccccc2)cc1-c1ccccn1. The molecule has 0 N–H and O–H groups in total. The third kappa shape index (κ3) is 5.79. The van der Waals surface area contributed by atoms with Gasteiger partial charge in [-0.15, -0.1) is 53.6 Å². The molecule has 0 fully saturated rings. The van der Waals surface area contributed by atoms with Crippen LogP contribution < -0.4 is 0 Å². The van der Waals surface area contributed by atoms with Gasteiger partial charge in [0.15, 0.2) is 0 Å². The molecule has 4 aromatic carbocycles. The van der Waals surface area contributed by atoms with Gasteiger partial charge in [-0.1, -0.05) is 90.2 Å². The number of nitrogens with zero attached hydrogens (tertiary/aromatic N) is 2. The predicted octanol–water partition coefficient (Wildman–Crippen LogP) is 9.22. The minimum absolute atomic E-state index is 0. The number of rotatable bonds is 4. The second-order valence-electron chi connectivity index (χ2n) is 9.17. The monoisotopic (exact) mass is 695 g/mol. The van der Waals surface area contributed by atoms with Crippen LogP contribution in [0.5, 0.6) is 0 Å². The molecule has 0 unspecified atom stereocenters. The summed E-state index contributed by atoms with van der Waals surface area (Å²) in [6.07, 6.45) is 4.65. The molecule has 0 aliphatic carbocycles. The van der Waals surface area contributed by atoms with Crippen LogP contribution in [-0.4, -0.2) is 9.97 Å². The summed E-state index contributed by atoms with van der Waals surface area (Å²) in [5, 5.41) is 2.25. The van der Waals surface area contributed by atoms with Gasteiger partial charge in [0.2, 0.25) is 0 Å². The van der Waals surface area contributed by atoms with Gasteiger partial charge < -0.3 is 14.4 Å². The molecule has 3 nitrogen and oxygen atoms in total. The molecule has 0 saturated heterocycles. The summed E-state index contributed by atoms with van der Waals surface area (Å²) in [5.74, 6) is 0. The zero-order chi connectivity index (χ0) is 26.4. The van der Waals surface area contributed by atoms with Crippen molar-refractivity contribution in [2.75, 3.05) is 0 Å². The summed E-state index contributed by atoms with van der Waals surface area (Å²) < 4.78 is 6.04. The molecule has 0 atom stereocenters. The van der Waals surface area contributed by atoms with Crippen molar-refractivity contribution in [2.24, 2.45) is 0 Å². The van der Waals surface area contributed by atoms with Gasteiger partial charge in [-0.2, -0.15) is 0 Å². The van der Waals surface area contributed by atoms with Crippen LogP contribution in [0.25, 0.3) is 55.6 Å². The fourth-order valence-corrected chi connectivity index (χ4v) is 4.66. The summed E-state index contributed by atoms with van der Waals surface area (Å²) >= 11 is 0. The van der Waals surface area contributed by atoms with Crippen molar-refractivity contribution in [1.82, 2.24) is 9.97 Å². The third-order valence-electron chi connectivity index (χ3n) is 6.68. The molecule has 7 rings (SSSR count). The molecule has 0 aliphatic rings. The average molecular weight is 695 g/mol. The van der Waals surface area contributed by atoms with Crippen LogP contribution in [0.1, 0.15) is 12.5 Å². The van der Waals surface area contributed by atoms with Crippen LogP contribution in [0, 0.1) is 12.1 Å². The van der Waals surface area contributed by atoms with E-state index in [9.17, 15) is 0 Å². The van der Waals surface area contributed by atoms with Gasteiger partial charge in [0.1, 0.15) is 5.58 Å². The zero-order valence-corrected chi connectivity index (χ0v) is 24.4. The van der Waals surface area contributed by atoms with Crippen molar-refractivity contribution in [2.45, 2.75) is 13.3 Å². The number of para-hydroxylation sites is 1. The quantitative estimate of drug-likeness (QED) is 0.173. The Bertz CT molecular complexity index is 1790. The average Bonchev–Trinajstić information content (AvgIpc) is 3.41. The van der Waals surface area contributed by atoms with Crippen molar-refractivity contribution in [3.63, 3.8) is 0 Å². The van der Waals surface area contributed by atoms with Crippen LogP contribution in [0.2, 0.25) is 0 Å². The molecule has 0 bridgehead atoms. The molecule has 1 radical (unpaired) electrons. The van der Waals surface area contributed by atoms with E-state index in [0.29, 0.717) is 0 Å². The van der Waals surface area contributed by atoms with Crippen molar-refractivity contribution in [1.29, 1.82) is 0 Å². The summed E-state index contributed by atoms with van der Waals surface area (Å²) in [6.45, 7) is 2.14. The van der Waals surface area contributed by atoms with Gasteiger partial charge in [-0.25, -0.2) is 0 Å². The van der Waals surface area contributed by atoms with E-state index >= 15 is 0 Å². The first kappa shape index (κ1) is 27.2. The Hall–Kier alpha value is -4.37. The maximum absolute atomic E-state index is 6.04. The molecule has 0 amide bonds. The van der Waals surface area contributed by atoms with Gasteiger partial charge in [-0.05, 0) is 41.6 Å². The molecule has 4 heteroatoms. The van der Waals surface area contributed by atoms with Gasteiger partial charge in [0, 0.05) is 37.9 Å². The fourth-order valence-electron chi connectivity index (χ4n) is 4.66. The van der Waals surface area contributed by atoms with Gasteiger partial charge in [-0.3, -0.25) is 0 Å². The number of aromatic nitrogens is 2. The smallest absolute Gasteiger partial charge is 0.120 e. The Kier molecular flexibility index (Phi) is 8.61. The number of fused-ring (bicyclic) bond motifs is 3. The van der Waals surface area contributed by atoms with E-state index in [0.717, 1.165) is 50.9 Å². The molecular weight excluding hydrogens is 669 g/mol. The Morgan fingerprint density at radius 1 is 0.650 bits per heavy atom. The Morgan fingerprint density at radius 2 is 1.43 bits per heavy atom. The Balaban J connectivity index is 0.000000159. The van der Waals surface area contributed by atoms with Crippen LogP contribution in [0.3, 0.4) is 0 Å². The van der Waals surface area contributed by atoms with Crippen LogP contribution in [-0.2, 0) is 26.5 Å². The second-order valence-corrected chi connectivity index (χ2v) is 9.17. The van der Waals surface area contributed by atoms with Gasteiger partial charge in [0.05, 0.1) is 5.58 Å². The van der Waals surface area contributed by atoms with Crippen molar-refractivity contribution >= 4 is 21.9 Å². The number of hydrogen-bond donors (Lipinski definition) is 0. The van der Waals surface area contributed by atoms with Crippen LogP contribution in [0.4, 0.5) is 0 Å². The van der Waals surface area contributed by atoms with Crippen LogP contribution in [0.15, 0.2) is 132 Å². The number of pyridine rings is 2. The first-order valence-corrected chi connectivity index (χ1v) is 13.1.